The summed E-state index contributed by atoms with van der Waals surface area (Å²) in [7, 11) is 1.15. The monoisotopic (exact) mass is 380 g/mol. The van der Waals surface area contributed by atoms with Crippen molar-refractivity contribution >= 4 is 46.7 Å². The fraction of sp³-hybridized carbons (Fsp3) is 0.333. The molecule has 1 aromatic rings. The van der Waals surface area contributed by atoms with E-state index in [0.717, 1.165) is 7.11 Å². The van der Waals surface area contributed by atoms with Gasteiger partial charge in [0.1, 0.15) is 5.56 Å². The van der Waals surface area contributed by atoms with Crippen LogP contribution in [-0.2, 0) is 14.3 Å². The molecule has 0 aromatic heterocycles. The molecule has 1 rings (SSSR count). The lowest BCUT2D eigenvalue weighted by molar-refractivity contribution is -0.146. The van der Waals surface area contributed by atoms with Crippen molar-refractivity contribution in [3.63, 3.8) is 0 Å². The van der Waals surface area contributed by atoms with Crippen LogP contribution in [0.15, 0.2) is 18.7 Å². The van der Waals surface area contributed by atoms with Crippen LogP contribution in [0, 0.1) is 0 Å². The quantitative estimate of drug-likeness (QED) is 0.231. The van der Waals surface area contributed by atoms with Gasteiger partial charge >= 0.3 is 11.9 Å². The van der Waals surface area contributed by atoms with Gasteiger partial charge in [-0.3, -0.25) is 0 Å². The molecule has 0 radical (unpaired) electrons. The average molecular weight is 382 g/mol. The lowest BCUT2D eigenvalue weighted by Crippen LogP contribution is -2.27. The smallest absolute Gasteiger partial charge is 0.343 e. The van der Waals surface area contributed by atoms with Gasteiger partial charge in [-0.25, -0.2) is 9.59 Å². The van der Waals surface area contributed by atoms with E-state index in [2.05, 4.69) is 11.3 Å². The molecule has 1 aromatic carbocycles. The number of carbonyl (C=O) groups excluding carboxylic acids is 2. The van der Waals surface area contributed by atoms with Crippen LogP contribution < -0.4 is 4.74 Å². The minimum Gasteiger partial charge on any atom is -0.465 e. The van der Waals surface area contributed by atoms with Gasteiger partial charge in [-0.05, 0) is 19.4 Å². The molecule has 0 aliphatic rings. The van der Waals surface area contributed by atoms with E-state index >= 15 is 0 Å². The van der Waals surface area contributed by atoms with Crippen molar-refractivity contribution in [2.45, 2.75) is 19.4 Å². The predicted molar refractivity (Wildman–Crippen MR) is 88.7 cm³/mol. The van der Waals surface area contributed by atoms with E-state index in [1.807, 2.05) is 0 Å². The largest absolute Gasteiger partial charge is 0.465 e. The highest BCUT2D eigenvalue weighted by atomic mass is 35.5. The third-order valence-electron chi connectivity index (χ3n) is 2.74. The van der Waals surface area contributed by atoms with Gasteiger partial charge in [0, 0.05) is 0 Å². The molecule has 0 saturated carbocycles. The van der Waals surface area contributed by atoms with E-state index in [1.165, 1.54) is 13.0 Å². The lowest BCUT2D eigenvalue weighted by Gasteiger charge is -2.16. The van der Waals surface area contributed by atoms with Gasteiger partial charge in [-0.2, -0.15) is 0 Å². The first-order valence-electron chi connectivity index (χ1n) is 6.53. The Kier molecular flexibility index (Phi) is 7.85. The summed E-state index contributed by atoms with van der Waals surface area (Å²) in [5.41, 5.74) is -0.224. The van der Waals surface area contributed by atoms with Crippen LogP contribution in [0.2, 0.25) is 15.1 Å². The summed E-state index contributed by atoms with van der Waals surface area (Å²) in [6.45, 7) is 5.36. The highest BCUT2D eigenvalue weighted by molar-refractivity contribution is 6.45. The average Bonchev–Trinajstić information content (AvgIpc) is 2.52. The molecule has 1 unspecified atom stereocenters. The summed E-state index contributed by atoms with van der Waals surface area (Å²) in [6.07, 6.45) is 1.37. The van der Waals surface area contributed by atoms with Crippen molar-refractivity contribution in [1.29, 1.82) is 0 Å². The number of hydrogen-bond donors (Lipinski definition) is 0. The van der Waals surface area contributed by atoms with Crippen LogP contribution in [0.1, 0.15) is 23.7 Å². The summed E-state index contributed by atoms with van der Waals surface area (Å²) in [6, 6.07) is 1.27. The lowest BCUT2D eigenvalue weighted by atomic mass is 10.2. The minimum atomic E-state index is -0.869. The summed E-state index contributed by atoms with van der Waals surface area (Å²) < 4.78 is 15.0. The van der Waals surface area contributed by atoms with Crippen LogP contribution >= 0.6 is 34.8 Å². The van der Waals surface area contributed by atoms with Crippen molar-refractivity contribution in [3.05, 3.63) is 39.4 Å². The first-order valence-corrected chi connectivity index (χ1v) is 7.66. The van der Waals surface area contributed by atoms with Gasteiger partial charge in [-0.1, -0.05) is 40.9 Å². The van der Waals surface area contributed by atoms with E-state index < -0.39 is 18.0 Å². The molecular weight excluding hydrogens is 367 g/mol. The molecule has 23 heavy (non-hydrogen) atoms. The summed E-state index contributed by atoms with van der Waals surface area (Å²) in [5.74, 6) is -1.79. The number of ether oxygens (including phenoxy) is 3. The molecule has 0 aliphatic heterocycles. The van der Waals surface area contributed by atoms with Gasteiger partial charge in [0.25, 0.3) is 0 Å². The van der Waals surface area contributed by atoms with Crippen LogP contribution in [0.5, 0.6) is 5.75 Å². The maximum Gasteiger partial charge on any atom is 0.343 e. The Morgan fingerprint density at radius 2 is 1.96 bits per heavy atom. The van der Waals surface area contributed by atoms with E-state index in [9.17, 15) is 9.59 Å². The number of rotatable bonds is 7. The van der Waals surface area contributed by atoms with Gasteiger partial charge in [0.15, 0.2) is 11.9 Å². The molecule has 0 aliphatic carbocycles. The van der Waals surface area contributed by atoms with Crippen molar-refractivity contribution < 1.29 is 23.8 Å². The molecule has 1 atom stereocenters. The molecule has 5 nitrogen and oxygen atoms in total. The third kappa shape index (κ3) is 5.11. The molecule has 8 heteroatoms. The second kappa shape index (κ2) is 9.13. The normalized spacial score (nSPS) is 11.7. The first kappa shape index (κ1) is 19.8. The molecule has 0 fully saturated rings. The van der Waals surface area contributed by atoms with E-state index in [1.54, 1.807) is 6.08 Å². The number of methoxy groups -OCH3 is 1. The standard InChI is InChI=1S/C15H15Cl3O5/c1-4-5-6-22-8(2)14(19)23-13-10(17)7-9(16)12(18)11(13)15(20)21-3/h4,7-8H,1,5-6H2,2-3H3. The van der Waals surface area contributed by atoms with Gasteiger partial charge in [0.2, 0.25) is 0 Å². The Hall–Kier alpha value is -1.27. The first-order chi connectivity index (χ1) is 10.8. The molecule has 0 spiro atoms. The molecule has 0 heterocycles. The van der Waals surface area contributed by atoms with Crippen LogP contribution in [-0.4, -0.2) is 31.8 Å². The maximum absolute atomic E-state index is 12.1. The zero-order chi connectivity index (χ0) is 17.6. The number of benzene rings is 1. The van der Waals surface area contributed by atoms with Crippen LogP contribution in [0.4, 0.5) is 0 Å². The van der Waals surface area contributed by atoms with Crippen LogP contribution in [0.3, 0.4) is 0 Å². The zero-order valence-electron chi connectivity index (χ0n) is 12.5. The van der Waals surface area contributed by atoms with Crippen molar-refractivity contribution in [3.8, 4) is 5.75 Å². The zero-order valence-corrected chi connectivity index (χ0v) is 14.8. The fourth-order valence-electron chi connectivity index (χ4n) is 1.54. The number of hydrogen-bond acceptors (Lipinski definition) is 5. The Morgan fingerprint density at radius 3 is 2.52 bits per heavy atom. The van der Waals surface area contributed by atoms with Gasteiger partial charge < -0.3 is 14.2 Å². The SMILES string of the molecule is C=CCCOC(C)C(=O)Oc1c(Cl)cc(Cl)c(Cl)c1C(=O)OC. The highest BCUT2D eigenvalue weighted by Crippen LogP contribution is 2.39. The molecular formula is C15H15Cl3O5. The van der Waals surface area contributed by atoms with E-state index in [0.29, 0.717) is 13.0 Å². The number of halogens is 3. The topological polar surface area (TPSA) is 61.8 Å². The molecule has 0 amide bonds. The predicted octanol–water partition coefficient (Wildman–Crippen LogP) is 4.32. The second-order valence-electron chi connectivity index (χ2n) is 4.36. The molecule has 0 N–H and O–H groups in total. The van der Waals surface area contributed by atoms with E-state index in [-0.39, 0.29) is 26.4 Å². The van der Waals surface area contributed by atoms with Gasteiger partial charge in [0.05, 0.1) is 28.8 Å². The summed E-state index contributed by atoms with van der Waals surface area (Å²) in [4.78, 5) is 23.9. The van der Waals surface area contributed by atoms with Crippen molar-refractivity contribution in [2.75, 3.05) is 13.7 Å². The second-order valence-corrected chi connectivity index (χ2v) is 5.55. The summed E-state index contributed by atoms with van der Waals surface area (Å²) in [5, 5.41) is -0.135. The Morgan fingerprint density at radius 1 is 1.30 bits per heavy atom. The Bertz CT molecular complexity index is 616. The molecule has 0 saturated heterocycles. The fourth-order valence-corrected chi connectivity index (χ4v) is 2.26. The Balaban J connectivity index is 3.07. The summed E-state index contributed by atoms with van der Waals surface area (Å²) >= 11 is 17.9. The number of esters is 2. The maximum atomic E-state index is 12.1. The Labute approximate surface area is 149 Å². The van der Waals surface area contributed by atoms with Gasteiger partial charge in [-0.15, -0.1) is 6.58 Å². The molecule has 0 bridgehead atoms. The highest BCUT2D eigenvalue weighted by Gasteiger charge is 2.27. The minimum absolute atomic E-state index is 0.0344. The number of carbonyl (C=O) groups is 2. The van der Waals surface area contributed by atoms with Crippen LogP contribution in [0.25, 0.3) is 0 Å². The third-order valence-corrected chi connectivity index (χ3v) is 3.81. The van der Waals surface area contributed by atoms with Crippen molar-refractivity contribution in [1.82, 2.24) is 0 Å². The van der Waals surface area contributed by atoms with Crippen molar-refractivity contribution in [2.24, 2.45) is 0 Å². The van der Waals surface area contributed by atoms with E-state index in [4.69, 9.17) is 44.3 Å². The molecule has 126 valence electrons.